The van der Waals surface area contributed by atoms with Crippen LogP contribution in [0.2, 0.25) is 0 Å². The van der Waals surface area contributed by atoms with Crippen molar-refractivity contribution < 1.29 is 9.53 Å². The van der Waals surface area contributed by atoms with Crippen molar-refractivity contribution in [2.45, 2.75) is 12.3 Å². The predicted octanol–water partition coefficient (Wildman–Crippen LogP) is 2.32. The number of ether oxygens (including phenoxy) is 1. The number of halogens is 1. The number of methoxy groups -OCH3 is 1. The molecule has 0 saturated carbocycles. The van der Waals surface area contributed by atoms with E-state index in [1.807, 2.05) is 18.2 Å². The first kappa shape index (κ1) is 12.6. The number of piperidine rings is 1. The van der Waals surface area contributed by atoms with Crippen LogP contribution in [0.15, 0.2) is 28.7 Å². The monoisotopic (exact) mass is 297 g/mol. The minimum absolute atomic E-state index is 0.0903. The zero-order chi connectivity index (χ0) is 12.3. The third-order valence-electron chi connectivity index (χ3n) is 3.29. The normalized spacial score (nSPS) is 24.4. The Hall–Kier alpha value is -0.870. The third-order valence-corrected chi connectivity index (χ3v) is 4.01. The van der Waals surface area contributed by atoms with Gasteiger partial charge in [-0.3, -0.25) is 4.79 Å². The molecule has 3 nitrogen and oxygen atoms in total. The Labute approximate surface area is 110 Å². The largest absolute Gasteiger partial charge is 0.469 e. The highest BCUT2D eigenvalue weighted by molar-refractivity contribution is 9.10. The van der Waals surface area contributed by atoms with Crippen molar-refractivity contribution in [3.63, 3.8) is 0 Å². The quantitative estimate of drug-likeness (QED) is 0.852. The van der Waals surface area contributed by atoms with Crippen molar-refractivity contribution in [3.05, 3.63) is 34.3 Å². The highest BCUT2D eigenvalue weighted by Gasteiger charge is 2.33. The van der Waals surface area contributed by atoms with Crippen LogP contribution in [0.5, 0.6) is 0 Å². The first-order chi connectivity index (χ1) is 8.24. The molecule has 0 bridgehead atoms. The smallest absolute Gasteiger partial charge is 0.310 e. The van der Waals surface area contributed by atoms with Gasteiger partial charge in [0.1, 0.15) is 0 Å². The SMILES string of the molecule is COC(=O)C1CNCCC1c1ccccc1Br. The molecule has 0 radical (unpaired) electrons. The first-order valence-corrected chi connectivity index (χ1v) is 6.56. The Morgan fingerprint density at radius 1 is 1.47 bits per heavy atom. The Morgan fingerprint density at radius 2 is 2.24 bits per heavy atom. The van der Waals surface area contributed by atoms with Crippen LogP contribution in [0.4, 0.5) is 0 Å². The van der Waals surface area contributed by atoms with Gasteiger partial charge in [-0.25, -0.2) is 0 Å². The average molecular weight is 298 g/mol. The molecule has 2 unspecified atom stereocenters. The molecule has 1 aromatic carbocycles. The molecule has 2 rings (SSSR count). The molecular formula is C13H16BrNO2. The van der Waals surface area contributed by atoms with Crippen LogP contribution in [-0.2, 0) is 9.53 Å². The van der Waals surface area contributed by atoms with Crippen LogP contribution < -0.4 is 5.32 Å². The number of hydrogen-bond donors (Lipinski definition) is 1. The third kappa shape index (κ3) is 2.69. The fourth-order valence-electron chi connectivity index (χ4n) is 2.41. The maximum Gasteiger partial charge on any atom is 0.310 e. The summed E-state index contributed by atoms with van der Waals surface area (Å²) in [4.78, 5) is 11.8. The van der Waals surface area contributed by atoms with E-state index in [2.05, 4.69) is 27.3 Å². The number of esters is 1. The van der Waals surface area contributed by atoms with Gasteiger partial charge >= 0.3 is 5.97 Å². The van der Waals surface area contributed by atoms with Crippen molar-refractivity contribution in [1.29, 1.82) is 0 Å². The van der Waals surface area contributed by atoms with Crippen LogP contribution in [-0.4, -0.2) is 26.2 Å². The Balaban J connectivity index is 2.28. The maximum absolute atomic E-state index is 11.8. The van der Waals surface area contributed by atoms with Gasteiger partial charge in [0.05, 0.1) is 13.0 Å². The van der Waals surface area contributed by atoms with E-state index in [0.717, 1.165) is 17.4 Å². The fraction of sp³-hybridized carbons (Fsp3) is 0.462. The van der Waals surface area contributed by atoms with E-state index in [-0.39, 0.29) is 17.8 Å². The molecule has 1 heterocycles. The van der Waals surface area contributed by atoms with Crippen molar-refractivity contribution in [3.8, 4) is 0 Å². The topological polar surface area (TPSA) is 38.3 Å². The van der Waals surface area contributed by atoms with Gasteiger partial charge in [0.15, 0.2) is 0 Å². The van der Waals surface area contributed by atoms with E-state index in [4.69, 9.17) is 4.74 Å². The first-order valence-electron chi connectivity index (χ1n) is 5.77. The molecule has 0 aromatic heterocycles. The highest BCUT2D eigenvalue weighted by atomic mass is 79.9. The van der Waals surface area contributed by atoms with Gasteiger partial charge in [0.25, 0.3) is 0 Å². The van der Waals surface area contributed by atoms with Gasteiger partial charge in [-0.05, 0) is 24.6 Å². The average Bonchev–Trinajstić information content (AvgIpc) is 2.38. The molecule has 1 saturated heterocycles. The van der Waals surface area contributed by atoms with Crippen molar-refractivity contribution in [2.75, 3.05) is 20.2 Å². The lowest BCUT2D eigenvalue weighted by Crippen LogP contribution is -2.40. The van der Waals surface area contributed by atoms with Gasteiger partial charge < -0.3 is 10.1 Å². The van der Waals surface area contributed by atoms with Crippen molar-refractivity contribution in [2.24, 2.45) is 5.92 Å². The minimum Gasteiger partial charge on any atom is -0.469 e. The molecule has 92 valence electrons. The van der Waals surface area contributed by atoms with Gasteiger partial charge in [-0.2, -0.15) is 0 Å². The standard InChI is InChI=1S/C13H16BrNO2/c1-17-13(16)11-8-15-7-6-9(11)10-4-2-3-5-12(10)14/h2-5,9,11,15H,6-8H2,1H3. The molecule has 4 heteroatoms. The summed E-state index contributed by atoms with van der Waals surface area (Å²) in [5.41, 5.74) is 1.20. The van der Waals surface area contributed by atoms with Crippen molar-refractivity contribution in [1.82, 2.24) is 5.32 Å². The van der Waals surface area contributed by atoms with E-state index in [0.29, 0.717) is 6.54 Å². The summed E-state index contributed by atoms with van der Waals surface area (Å²) in [7, 11) is 1.45. The lowest BCUT2D eigenvalue weighted by Gasteiger charge is -2.31. The van der Waals surface area contributed by atoms with Crippen LogP contribution in [0.3, 0.4) is 0 Å². The molecule has 0 spiro atoms. The number of carbonyl (C=O) groups is 1. The zero-order valence-electron chi connectivity index (χ0n) is 9.78. The fourth-order valence-corrected chi connectivity index (χ4v) is 2.98. The molecule has 0 aliphatic carbocycles. The second-order valence-electron chi connectivity index (χ2n) is 4.25. The van der Waals surface area contributed by atoms with Crippen LogP contribution in [0.25, 0.3) is 0 Å². The number of nitrogens with one attached hydrogen (secondary N) is 1. The number of benzene rings is 1. The number of hydrogen-bond acceptors (Lipinski definition) is 3. The zero-order valence-corrected chi connectivity index (χ0v) is 11.4. The summed E-state index contributed by atoms with van der Waals surface area (Å²) in [5, 5.41) is 3.25. The number of rotatable bonds is 2. The van der Waals surface area contributed by atoms with E-state index in [9.17, 15) is 4.79 Å². The Kier molecular flexibility index (Phi) is 4.18. The Morgan fingerprint density at radius 3 is 2.94 bits per heavy atom. The van der Waals surface area contributed by atoms with Gasteiger partial charge in [0.2, 0.25) is 0 Å². The molecule has 1 aliphatic rings. The summed E-state index contributed by atoms with van der Waals surface area (Å²) in [6.45, 7) is 1.64. The summed E-state index contributed by atoms with van der Waals surface area (Å²) >= 11 is 3.56. The second kappa shape index (κ2) is 5.65. The minimum atomic E-state index is -0.127. The van der Waals surface area contributed by atoms with Gasteiger partial charge in [-0.1, -0.05) is 34.1 Å². The van der Waals surface area contributed by atoms with Gasteiger partial charge in [-0.15, -0.1) is 0 Å². The van der Waals surface area contributed by atoms with Crippen molar-refractivity contribution >= 4 is 21.9 Å². The van der Waals surface area contributed by atoms with Crippen LogP contribution in [0, 0.1) is 5.92 Å². The maximum atomic E-state index is 11.8. The summed E-state index contributed by atoms with van der Waals surface area (Å²) < 4.78 is 5.96. The lowest BCUT2D eigenvalue weighted by molar-refractivity contribution is -0.146. The molecule has 1 aliphatic heterocycles. The van der Waals surface area contributed by atoms with E-state index in [1.54, 1.807) is 0 Å². The summed E-state index contributed by atoms with van der Waals surface area (Å²) in [6.07, 6.45) is 0.961. The van der Waals surface area contributed by atoms with E-state index in [1.165, 1.54) is 12.7 Å². The summed E-state index contributed by atoms with van der Waals surface area (Å²) in [5.74, 6) is 0.0182. The Bertz CT molecular complexity index is 408. The number of carbonyl (C=O) groups excluding carboxylic acids is 1. The van der Waals surface area contributed by atoms with Gasteiger partial charge in [0, 0.05) is 16.9 Å². The molecule has 1 fully saturated rings. The summed E-state index contributed by atoms with van der Waals surface area (Å²) in [6, 6.07) is 8.10. The predicted molar refractivity (Wildman–Crippen MR) is 69.9 cm³/mol. The molecule has 0 amide bonds. The highest BCUT2D eigenvalue weighted by Crippen LogP contribution is 2.35. The molecule has 17 heavy (non-hydrogen) atoms. The molecule has 2 atom stereocenters. The van der Waals surface area contributed by atoms with Crippen LogP contribution >= 0.6 is 15.9 Å². The second-order valence-corrected chi connectivity index (χ2v) is 5.10. The molecular weight excluding hydrogens is 282 g/mol. The van der Waals surface area contributed by atoms with Crippen LogP contribution in [0.1, 0.15) is 17.9 Å². The molecule has 1 aromatic rings. The lowest BCUT2D eigenvalue weighted by atomic mass is 9.81. The van der Waals surface area contributed by atoms with E-state index < -0.39 is 0 Å². The molecule has 1 N–H and O–H groups in total. The van der Waals surface area contributed by atoms with E-state index >= 15 is 0 Å².